The Morgan fingerprint density at radius 1 is 1.27 bits per heavy atom. The maximum absolute atomic E-state index is 10.1. The minimum atomic E-state index is 0.168. The molecule has 0 aliphatic rings. The van der Waals surface area contributed by atoms with Crippen molar-refractivity contribution in [2.45, 2.75) is 0 Å². The Morgan fingerprint density at radius 3 is 2.36 bits per heavy atom. The van der Waals surface area contributed by atoms with Gasteiger partial charge in [-0.2, -0.15) is 0 Å². The van der Waals surface area contributed by atoms with E-state index in [-0.39, 0.29) is 6.61 Å². The van der Waals surface area contributed by atoms with Gasteiger partial charge in [0.2, 0.25) is 6.41 Å². The molecule has 1 amide bonds. The van der Waals surface area contributed by atoms with Crippen LogP contribution in [-0.4, -0.2) is 61.7 Å². The van der Waals surface area contributed by atoms with Gasteiger partial charge in [-0.25, -0.2) is 0 Å². The molecule has 0 aromatic rings. The largest absolute Gasteiger partial charge is 0.395 e. The van der Waals surface area contributed by atoms with Gasteiger partial charge in [-0.3, -0.25) is 4.79 Å². The molecule has 0 fully saturated rings. The first kappa shape index (κ1) is 10.4. The van der Waals surface area contributed by atoms with Gasteiger partial charge in [0.15, 0.2) is 0 Å². The molecule has 0 radical (unpaired) electrons. The average molecular weight is 160 g/mol. The minimum Gasteiger partial charge on any atom is -0.395 e. The molecule has 0 aromatic heterocycles. The van der Waals surface area contributed by atoms with E-state index < -0.39 is 0 Å². The van der Waals surface area contributed by atoms with Crippen molar-refractivity contribution >= 4 is 6.41 Å². The predicted molar refractivity (Wildman–Crippen MR) is 43.3 cm³/mol. The molecule has 4 heteroatoms. The molecule has 0 atom stereocenters. The maximum atomic E-state index is 10.1. The summed E-state index contributed by atoms with van der Waals surface area (Å²) in [5.41, 5.74) is 0. The van der Waals surface area contributed by atoms with Crippen molar-refractivity contribution in [3.05, 3.63) is 0 Å². The Morgan fingerprint density at radius 2 is 1.91 bits per heavy atom. The van der Waals surface area contributed by atoms with Crippen molar-refractivity contribution in [2.75, 3.05) is 40.3 Å². The quantitative estimate of drug-likeness (QED) is 0.507. The molecular weight excluding hydrogens is 144 g/mol. The van der Waals surface area contributed by atoms with E-state index in [0.717, 1.165) is 13.0 Å². The van der Waals surface area contributed by atoms with Crippen LogP contribution in [0.1, 0.15) is 0 Å². The predicted octanol–water partition coefficient (Wildman–Crippen LogP) is -1.00. The zero-order valence-corrected chi connectivity index (χ0v) is 7.16. The third kappa shape index (κ3) is 5.82. The molecule has 0 unspecified atom stereocenters. The van der Waals surface area contributed by atoms with Crippen LogP contribution < -0.4 is 0 Å². The summed E-state index contributed by atoms with van der Waals surface area (Å²) in [4.78, 5) is 13.7. The molecule has 0 bridgehead atoms. The van der Waals surface area contributed by atoms with E-state index in [1.165, 1.54) is 0 Å². The third-order valence-electron chi connectivity index (χ3n) is 1.50. The number of aliphatic hydroxyl groups excluding tert-OH is 1. The molecular formula is C7H16N2O2. The van der Waals surface area contributed by atoms with Crippen LogP contribution in [0.5, 0.6) is 0 Å². The molecule has 0 aliphatic carbocycles. The number of rotatable bonds is 6. The van der Waals surface area contributed by atoms with Crippen molar-refractivity contribution in [2.24, 2.45) is 0 Å². The molecule has 0 spiro atoms. The normalized spacial score (nSPS) is 10.2. The van der Waals surface area contributed by atoms with Gasteiger partial charge < -0.3 is 14.9 Å². The van der Waals surface area contributed by atoms with Gasteiger partial charge in [0.05, 0.1) is 6.61 Å². The Bertz CT molecular complexity index is 109. The topological polar surface area (TPSA) is 43.8 Å². The highest BCUT2D eigenvalue weighted by Gasteiger charge is 1.97. The monoisotopic (exact) mass is 160 g/mol. The smallest absolute Gasteiger partial charge is 0.209 e. The summed E-state index contributed by atoms with van der Waals surface area (Å²) in [7, 11) is 3.65. The van der Waals surface area contributed by atoms with Gasteiger partial charge in [0.1, 0.15) is 0 Å². The number of nitrogens with zero attached hydrogens (tertiary/aromatic N) is 2. The molecule has 0 saturated carbocycles. The molecule has 0 rings (SSSR count). The first-order valence-electron chi connectivity index (χ1n) is 3.65. The molecule has 0 heterocycles. The van der Waals surface area contributed by atoms with E-state index in [4.69, 9.17) is 5.11 Å². The molecule has 1 N–H and O–H groups in total. The van der Waals surface area contributed by atoms with Crippen LogP contribution in [0.3, 0.4) is 0 Å². The van der Waals surface area contributed by atoms with E-state index in [1.807, 2.05) is 11.9 Å². The van der Waals surface area contributed by atoms with Crippen LogP contribution >= 0.6 is 0 Å². The van der Waals surface area contributed by atoms with Gasteiger partial charge in [0.25, 0.3) is 0 Å². The number of hydrogen-bond acceptors (Lipinski definition) is 3. The second-order valence-corrected chi connectivity index (χ2v) is 2.61. The Balaban J connectivity index is 3.29. The van der Waals surface area contributed by atoms with Crippen molar-refractivity contribution in [3.8, 4) is 0 Å². The lowest BCUT2D eigenvalue weighted by Gasteiger charge is -2.17. The minimum absolute atomic E-state index is 0.168. The summed E-state index contributed by atoms with van der Waals surface area (Å²) in [6.07, 6.45) is 0.798. The molecule has 66 valence electrons. The number of carbonyl (C=O) groups excluding carboxylic acids is 1. The van der Waals surface area contributed by atoms with Crippen molar-refractivity contribution in [1.29, 1.82) is 0 Å². The fraction of sp³-hybridized carbons (Fsp3) is 0.857. The lowest BCUT2D eigenvalue weighted by molar-refractivity contribution is -0.117. The first-order valence-corrected chi connectivity index (χ1v) is 3.65. The molecule has 0 aliphatic heterocycles. The Hall–Kier alpha value is -0.610. The second-order valence-electron chi connectivity index (χ2n) is 2.61. The third-order valence-corrected chi connectivity index (χ3v) is 1.50. The molecule has 11 heavy (non-hydrogen) atoms. The lowest BCUT2D eigenvalue weighted by atomic mass is 10.5. The fourth-order valence-corrected chi connectivity index (χ4v) is 0.664. The average Bonchev–Trinajstić information content (AvgIpc) is 2.01. The molecule has 0 aromatic carbocycles. The lowest BCUT2D eigenvalue weighted by Crippen LogP contribution is -2.31. The summed E-state index contributed by atoms with van der Waals surface area (Å²) >= 11 is 0. The van der Waals surface area contributed by atoms with Gasteiger partial charge in [0, 0.05) is 26.7 Å². The van der Waals surface area contributed by atoms with Crippen molar-refractivity contribution in [1.82, 2.24) is 9.80 Å². The summed E-state index contributed by atoms with van der Waals surface area (Å²) in [6.45, 7) is 2.34. The number of aliphatic hydroxyl groups is 1. The number of carbonyl (C=O) groups is 1. The highest BCUT2D eigenvalue weighted by molar-refractivity contribution is 5.46. The van der Waals surface area contributed by atoms with Gasteiger partial charge >= 0.3 is 0 Å². The van der Waals surface area contributed by atoms with Crippen LogP contribution in [-0.2, 0) is 4.79 Å². The second kappa shape index (κ2) is 6.12. The summed E-state index contributed by atoms with van der Waals surface area (Å²) in [5, 5.41) is 8.53. The van der Waals surface area contributed by atoms with Gasteiger partial charge in [-0.15, -0.1) is 0 Å². The first-order chi connectivity index (χ1) is 5.20. The van der Waals surface area contributed by atoms with Gasteiger partial charge in [-0.05, 0) is 7.05 Å². The van der Waals surface area contributed by atoms with Crippen LogP contribution in [0.2, 0.25) is 0 Å². The standard InChI is InChI=1S/C7H16N2O2/c1-8(5-6-10)3-4-9(2)7-11/h7,10H,3-6H2,1-2H3. The van der Waals surface area contributed by atoms with Crippen molar-refractivity contribution in [3.63, 3.8) is 0 Å². The van der Waals surface area contributed by atoms with E-state index in [2.05, 4.69) is 0 Å². The van der Waals surface area contributed by atoms with Gasteiger partial charge in [-0.1, -0.05) is 0 Å². The fourth-order valence-electron chi connectivity index (χ4n) is 0.664. The molecule has 4 nitrogen and oxygen atoms in total. The van der Waals surface area contributed by atoms with E-state index >= 15 is 0 Å². The van der Waals surface area contributed by atoms with E-state index in [0.29, 0.717) is 13.1 Å². The maximum Gasteiger partial charge on any atom is 0.209 e. The Kier molecular flexibility index (Phi) is 5.78. The van der Waals surface area contributed by atoms with E-state index in [1.54, 1.807) is 11.9 Å². The summed E-state index contributed by atoms with van der Waals surface area (Å²) in [5.74, 6) is 0. The zero-order chi connectivity index (χ0) is 8.69. The molecule has 0 saturated heterocycles. The Labute approximate surface area is 67.4 Å². The number of hydrogen-bond donors (Lipinski definition) is 1. The number of likely N-dealkylation sites (N-methyl/N-ethyl adjacent to an activating group) is 2. The van der Waals surface area contributed by atoms with E-state index in [9.17, 15) is 4.79 Å². The SMILES string of the molecule is CN(C=O)CCN(C)CCO. The van der Waals surface area contributed by atoms with Crippen LogP contribution in [0.4, 0.5) is 0 Å². The summed E-state index contributed by atoms with van der Waals surface area (Å²) < 4.78 is 0. The summed E-state index contributed by atoms with van der Waals surface area (Å²) in [6, 6.07) is 0. The van der Waals surface area contributed by atoms with Crippen LogP contribution in [0.15, 0.2) is 0 Å². The van der Waals surface area contributed by atoms with Crippen LogP contribution in [0.25, 0.3) is 0 Å². The van der Waals surface area contributed by atoms with Crippen LogP contribution in [0, 0.1) is 0 Å². The number of amides is 1. The highest BCUT2D eigenvalue weighted by atomic mass is 16.3. The van der Waals surface area contributed by atoms with Crippen molar-refractivity contribution < 1.29 is 9.90 Å². The highest BCUT2D eigenvalue weighted by Crippen LogP contribution is 1.82. The zero-order valence-electron chi connectivity index (χ0n) is 7.16.